The van der Waals surface area contributed by atoms with Gasteiger partial charge in [0.25, 0.3) is 11.5 Å². The molecule has 0 saturated carbocycles. The highest BCUT2D eigenvalue weighted by Crippen LogP contribution is 2.30. The third-order valence-electron chi connectivity index (χ3n) is 6.56. The van der Waals surface area contributed by atoms with Crippen LogP contribution in [0.2, 0.25) is 0 Å². The number of likely N-dealkylation sites (tertiary alicyclic amines) is 1. The van der Waals surface area contributed by atoms with Gasteiger partial charge < -0.3 is 10.2 Å². The van der Waals surface area contributed by atoms with E-state index in [-0.39, 0.29) is 23.4 Å². The number of rotatable bonds is 6. The molecule has 4 rings (SSSR count). The molecule has 0 bridgehead atoms. The van der Waals surface area contributed by atoms with Gasteiger partial charge in [-0.25, -0.2) is 9.67 Å². The molecule has 3 heterocycles. The van der Waals surface area contributed by atoms with E-state index in [4.69, 9.17) is 0 Å². The molecule has 184 valence electrons. The molecule has 0 unspecified atom stereocenters. The van der Waals surface area contributed by atoms with E-state index in [9.17, 15) is 14.4 Å². The van der Waals surface area contributed by atoms with Crippen molar-refractivity contribution in [2.24, 2.45) is 7.05 Å². The lowest BCUT2D eigenvalue weighted by Crippen LogP contribution is -2.46. The standard InChI is InChI=1S/C26H31N5O3S/c1-16-17(2)29-30(4)25(33)22(16)24-27-18(3)23(35-24)26(34)31-14-12-20(13-15-31)28-21(32)11-10-19-8-6-5-7-9-19/h5-9,20H,10-15H2,1-4H3,(H,28,32). The van der Waals surface area contributed by atoms with E-state index in [0.717, 1.165) is 36.1 Å². The number of aromatic nitrogens is 3. The molecule has 1 aliphatic rings. The highest BCUT2D eigenvalue weighted by Gasteiger charge is 2.28. The minimum absolute atomic E-state index is 0.0474. The Kier molecular flexibility index (Phi) is 7.45. The Hall–Kier alpha value is -3.33. The number of nitrogens with one attached hydrogen (secondary N) is 1. The van der Waals surface area contributed by atoms with Crippen LogP contribution in [-0.2, 0) is 18.3 Å². The number of thiazole rings is 1. The number of carbonyl (C=O) groups is 2. The van der Waals surface area contributed by atoms with Crippen LogP contribution in [-0.4, -0.2) is 50.6 Å². The minimum Gasteiger partial charge on any atom is -0.353 e. The fraction of sp³-hybridized carbons (Fsp3) is 0.423. The second-order valence-corrected chi connectivity index (χ2v) is 10.1. The van der Waals surface area contributed by atoms with E-state index in [1.165, 1.54) is 16.0 Å². The highest BCUT2D eigenvalue weighted by atomic mass is 32.1. The van der Waals surface area contributed by atoms with Crippen LogP contribution in [0.25, 0.3) is 10.6 Å². The zero-order valence-corrected chi connectivity index (χ0v) is 21.4. The third-order valence-corrected chi connectivity index (χ3v) is 7.72. The summed E-state index contributed by atoms with van der Waals surface area (Å²) in [5.74, 6) is -0.0217. The van der Waals surface area contributed by atoms with Crippen LogP contribution >= 0.6 is 11.3 Å². The third kappa shape index (κ3) is 5.51. The van der Waals surface area contributed by atoms with Crippen LogP contribution in [0.4, 0.5) is 0 Å². The summed E-state index contributed by atoms with van der Waals surface area (Å²) in [7, 11) is 1.62. The minimum atomic E-state index is -0.218. The normalized spacial score (nSPS) is 14.2. The molecule has 0 spiro atoms. The summed E-state index contributed by atoms with van der Waals surface area (Å²) in [6.07, 6.45) is 2.61. The summed E-state index contributed by atoms with van der Waals surface area (Å²) in [5, 5.41) is 7.90. The van der Waals surface area contributed by atoms with Gasteiger partial charge in [-0.15, -0.1) is 11.3 Å². The van der Waals surface area contributed by atoms with Crippen LogP contribution in [0, 0.1) is 20.8 Å². The first kappa shape index (κ1) is 24.8. The van der Waals surface area contributed by atoms with Gasteiger partial charge in [-0.3, -0.25) is 14.4 Å². The molecular weight excluding hydrogens is 462 g/mol. The van der Waals surface area contributed by atoms with Gasteiger partial charge in [0.1, 0.15) is 9.88 Å². The Labute approximate surface area is 209 Å². The van der Waals surface area contributed by atoms with Crippen LogP contribution in [0.5, 0.6) is 0 Å². The fourth-order valence-electron chi connectivity index (χ4n) is 4.38. The number of benzene rings is 1. The summed E-state index contributed by atoms with van der Waals surface area (Å²) in [5.41, 5.74) is 3.61. The lowest BCUT2D eigenvalue weighted by Gasteiger charge is -2.32. The van der Waals surface area contributed by atoms with Crippen molar-refractivity contribution in [3.8, 4) is 10.6 Å². The quantitative estimate of drug-likeness (QED) is 0.569. The van der Waals surface area contributed by atoms with Crippen molar-refractivity contribution in [3.63, 3.8) is 0 Å². The maximum Gasteiger partial charge on any atom is 0.277 e. The predicted octanol–water partition coefficient (Wildman–Crippen LogP) is 3.18. The molecule has 2 aromatic heterocycles. The summed E-state index contributed by atoms with van der Waals surface area (Å²) in [4.78, 5) is 45.3. The maximum absolute atomic E-state index is 13.3. The van der Waals surface area contributed by atoms with E-state index in [0.29, 0.717) is 40.7 Å². The van der Waals surface area contributed by atoms with E-state index in [2.05, 4.69) is 15.4 Å². The zero-order chi connectivity index (χ0) is 25.1. The van der Waals surface area contributed by atoms with E-state index >= 15 is 0 Å². The second-order valence-electron chi connectivity index (χ2n) is 9.07. The monoisotopic (exact) mass is 493 g/mol. The van der Waals surface area contributed by atoms with Crippen molar-refractivity contribution in [1.82, 2.24) is 25.0 Å². The lowest BCUT2D eigenvalue weighted by molar-refractivity contribution is -0.122. The van der Waals surface area contributed by atoms with Crippen LogP contribution in [0.1, 0.15) is 51.4 Å². The van der Waals surface area contributed by atoms with Gasteiger partial charge in [0.05, 0.1) is 17.0 Å². The van der Waals surface area contributed by atoms with E-state index < -0.39 is 0 Å². The first-order chi connectivity index (χ1) is 16.7. The molecule has 8 nitrogen and oxygen atoms in total. The van der Waals surface area contributed by atoms with Crippen molar-refractivity contribution in [1.29, 1.82) is 0 Å². The Morgan fingerprint density at radius 3 is 2.46 bits per heavy atom. The smallest absolute Gasteiger partial charge is 0.277 e. The number of hydrogen-bond donors (Lipinski definition) is 1. The van der Waals surface area contributed by atoms with Crippen LogP contribution < -0.4 is 10.9 Å². The second kappa shape index (κ2) is 10.5. The molecule has 35 heavy (non-hydrogen) atoms. The number of aryl methyl sites for hydroxylation is 4. The Morgan fingerprint density at radius 1 is 1.09 bits per heavy atom. The fourth-order valence-corrected chi connectivity index (χ4v) is 5.50. The van der Waals surface area contributed by atoms with Crippen molar-refractivity contribution in [2.45, 2.75) is 52.5 Å². The number of nitrogens with zero attached hydrogens (tertiary/aromatic N) is 4. The van der Waals surface area contributed by atoms with E-state index in [1.54, 1.807) is 14.0 Å². The molecule has 2 amide bonds. The molecular formula is C26H31N5O3S. The average molecular weight is 494 g/mol. The van der Waals surface area contributed by atoms with Crippen molar-refractivity contribution >= 4 is 23.2 Å². The number of amides is 2. The first-order valence-electron chi connectivity index (χ1n) is 11.9. The van der Waals surface area contributed by atoms with Crippen molar-refractivity contribution in [3.05, 3.63) is 68.1 Å². The predicted molar refractivity (Wildman–Crippen MR) is 137 cm³/mol. The molecule has 0 radical (unpaired) electrons. The van der Waals surface area contributed by atoms with Crippen molar-refractivity contribution < 1.29 is 9.59 Å². The number of piperidine rings is 1. The van der Waals surface area contributed by atoms with Gasteiger partial charge in [0, 0.05) is 32.6 Å². The summed E-state index contributed by atoms with van der Waals surface area (Å²) >= 11 is 1.26. The average Bonchev–Trinajstić information content (AvgIpc) is 3.23. The topological polar surface area (TPSA) is 97.2 Å². The Bertz CT molecular complexity index is 1290. The van der Waals surface area contributed by atoms with Gasteiger partial charge in [0.2, 0.25) is 5.91 Å². The molecule has 9 heteroatoms. The summed E-state index contributed by atoms with van der Waals surface area (Å²) < 4.78 is 1.31. The van der Waals surface area contributed by atoms with Gasteiger partial charge >= 0.3 is 0 Å². The van der Waals surface area contributed by atoms with Gasteiger partial charge in [0.15, 0.2) is 0 Å². The summed E-state index contributed by atoms with van der Waals surface area (Å²) in [6, 6.07) is 10.1. The molecule has 1 saturated heterocycles. The molecule has 1 N–H and O–H groups in total. The van der Waals surface area contributed by atoms with E-state index in [1.807, 2.05) is 49.1 Å². The zero-order valence-electron chi connectivity index (χ0n) is 20.6. The van der Waals surface area contributed by atoms with Crippen LogP contribution in [0.15, 0.2) is 35.1 Å². The molecule has 0 aliphatic carbocycles. The summed E-state index contributed by atoms with van der Waals surface area (Å²) in [6.45, 7) is 6.67. The molecule has 0 atom stereocenters. The van der Waals surface area contributed by atoms with Gasteiger partial charge in [-0.2, -0.15) is 5.10 Å². The largest absolute Gasteiger partial charge is 0.353 e. The lowest BCUT2D eigenvalue weighted by atomic mass is 10.0. The van der Waals surface area contributed by atoms with Crippen LogP contribution in [0.3, 0.4) is 0 Å². The van der Waals surface area contributed by atoms with Gasteiger partial charge in [-0.05, 0) is 51.2 Å². The number of hydrogen-bond acceptors (Lipinski definition) is 6. The van der Waals surface area contributed by atoms with Gasteiger partial charge in [-0.1, -0.05) is 30.3 Å². The number of carbonyl (C=O) groups excluding carboxylic acids is 2. The first-order valence-corrected chi connectivity index (χ1v) is 12.7. The SMILES string of the molecule is Cc1nc(-c2c(C)c(C)nn(C)c2=O)sc1C(=O)N1CCC(NC(=O)CCc2ccccc2)CC1. The Morgan fingerprint density at radius 2 is 1.77 bits per heavy atom. The molecule has 1 aromatic carbocycles. The Balaban J connectivity index is 1.37. The molecule has 1 fully saturated rings. The maximum atomic E-state index is 13.3. The molecule has 1 aliphatic heterocycles. The van der Waals surface area contributed by atoms with Crippen molar-refractivity contribution in [2.75, 3.05) is 13.1 Å². The molecule has 3 aromatic rings. The highest BCUT2D eigenvalue weighted by molar-refractivity contribution is 7.17.